The van der Waals surface area contributed by atoms with E-state index in [2.05, 4.69) is 32.4 Å². The van der Waals surface area contributed by atoms with Gasteiger partial charge in [-0.2, -0.15) is 0 Å². The van der Waals surface area contributed by atoms with Crippen molar-refractivity contribution in [2.75, 3.05) is 18.5 Å². The van der Waals surface area contributed by atoms with E-state index in [0.717, 1.165) is 23.5 Å². The molecule has 6 nitrogen and oxygen atoms in total. The third-order valence-corrected chi connectivity index (χ3v) is 3.38. The van der Waals surface area contributed by atoms with Crippen LogP contribution < -0.4 is 5.32 Å². The second-order valence-electron chi connectivity index (χ2n) is 4.87. The van der Waals surface area contributed by atoms with Crippen LogP contribution in [-0.4, -0.2) is 32.7 Å². The first kappa shape index (κ1) is 14.5. The van der Waals surface area contributed by atoms with Gasteiger partial charge < -0.3 is 14.6 Å². The second kappa shape index (κ2) is 7.00. The molecular weight excluding hydrogens is 278 g/mol. The molecule has 2 aromatic heterocycles. The van der Waals surface area contributed by atoms with Crippen molar-refractivity contribution in [1.29, 1.82) is 0 Å². The second-order valence-corrected chi connectivity index (χ2v) is 4.87. The summed E-state index contributed by atoms with van der Waals surface area (Å²) >= 11 is 0. The van der Waals surface area contributed by atoms with Crippen LogP contribution in [0.25, 0.3) is 11.2 Å². The minimum atomic E-state index is 0.652. The highest BCUT2D eigenvalue weighted by molar-refractivity contribution is 5.82. The fourth-order valence-corrected chi connectivity index (χ4v) is 2.26. The maximum Gasteiger partial charge on any atom is 0.165 e. The number of hydrogen-bond acceptors (Lipinski definition) is 5. The van der Waals surface area contributed by atoms with E-state index in [-0.39, 0.29) is 0 Å². The average molecular weight is 297 g/mol. The van der Waals surface area contributed by atoms with Gasteiger partial charge in [-0.15, -0.1) is 0 Å². The van der Waals surface area contributed by atoms with Gasteiger partial charge in [0.2, 0.25) is 0 Å². The normalized spacial score (nSPS) is 11.0. The van der Waals surface area contributed by atoms with Gasteiger partial charge in [0, 0.05) is 19.7 Å². The first-order valence-corrected chi connectivity index (χ1v) is 7.40. The van der Waals surface area contributed by atoms with Crippen molar-refractivity contribution in [2.45, 2.75) is 20.0 Å². The molecule has 22 heavy (non-hydrogen) atoms. The number of hydrogen-bond donors (Lipinski definition) is 1. The highest BCUT2D eigenvalue weighted by Gasteiger charge is 2.09. The SMILES string of the molecule is CCOCCn1cnc2c(NCc3ccccc3)ncnc21. The van der Waals surface area contributed by atoms with Crippen molar-refractivity contribution in [3.8, 4) is 0 Å². The highest BCUT2D eigenvalue weighted by atomic mass is 16.5. The molecule has 114 valence electrons. The van der Waals surface area contributed by atoms with Crippen LogP contribution in [0.4, 0.5) is 5.82 Å². The Balaban J connectivity index is 1.76. The monoisotopic (exact) mass is 297 g/mol. The van der Waals surface area contributed by atoms with E-state index in [1.54, 1.807) is 12.7 Å². The fourth-order valence-electron chi connectivity index (χ4n) is 2.26. The maximum atomic E-state index is 5.38. The van der Waals surface area contributed by atoms with Crippen LogP contribution in [0.3, 0.4) is 0 Å². The molecule has 0 fully saturated rings. The maximum absolute atomic E-state index is 5.38. The summed E-state index contributed by atoms with van der Waals surface area (Å²) in [6.45, 7) is 4.79. The average Bonchev–Trinajstić information content (AvgIpc) is 2.98. The first-order chi connectivity index (χ1) is 10.9. The molecule has 0 saturated carbocycles. The van der Waals surface area contributed by atoms with E-state index >= 15 is 0 Å². The Labute approximate surface area is 129 Å². The van der Waals surface area contributed by atoms with Crippen LogP contribution in [0.5, 0.6) is 0 Å². The van der Waals surface area contributed by atoms with Crippen LogP contribution in [-0.2, 0) is 17.8 Å². The Bertz CT molecular complexity index is 726. The van der Waals surface area contributed by atoms with Crippen LogP contribution in [0.1, 0.15) is 12.5 Å². The van der Waals surface area contributed by atoms with E-state index in [1.165, 1.54) is 5.56 Å². The van der Waals surface area contributed by atoms with Crippen molar-refractivity contribution >= 4 is 17.0 Å². The zero-order valence-electron chi connectivity index (χ0n) is 12.6. The number of rotatable bonds is 7. The number of nitrogens with zero attached hydrogens (tertiary/aromatic N) is 4. The summed E-state index contributed by atoms with van der Waals surface area (Å²) < 4.78 is 7.37. The van der Waals surface area contributed by atoms with E-state index in [1.807, 2.05) is 29.7 Å². The quantitative estimate of drug-likeness (QED) is 0.679. The predicted octanol–water partition coefficient (Wildman–Crippen LogP) is 2.47. The molecule has 3 aromatic rings. The fraction of sp³-hybridized carbons (Fsp3) is 0.312. The van der Waals surface area contributed by atoms with E-state index in [0.29, 0.717) is 19.8 Å². The number of imidazole rings is 1. The largest absolute Gasteiger partial charge is 0.380 e. The summed E-state index contributed by atoms with van der Waals surface area (Å²) in [6.07, 6.45) is 3.35. The minimum absolute atomic E-state index is 0.652. The van der Waals surface area contributed by atoms with Crippen molar-refractivity contribution in [1.82, 2.24) is 19.5 Å². The van der Waals surface area contributed by atoms with E-state index in [9.17, 15) is 0 Å². The topological polar surface area (TPSA) is 64.9 Å². The van der Waals surface area contributed by atoms with Gasteiger partial charge in [0.05, 0.1) is 12.9 Å². The van der Waals surface area contributed by atoms with Crippen molar-refractivity contribution in [3.63, 3.8) is 0 Å². The van der Waals surface area contributed by atoms with Gasteiger partial charge >= 0.3 is 0 Å². The Hall–Kier alpha value is -2.47. The third kappa shape index (κ3) is 3.23. The molecule has 0 spiro atoms. The summed E-state index contributed by atoms with van der Waals surface area (Å²) in [5, 5.41) is 3.33. The Morgan fingerprint density at radius 2 is 2.00 bits per heavy atom. The van der Waals surface area contributed by atoms with Gasteiger partial charge in [-0.05, 0) is 12.5 Å². The van der Waals surface area contributed by atoms with Crippen molar-refractivity contribution in [2.24, 2.45) is 0 Å². The molecule has 3 rings (SSSR count). The number of aromatic nitrogens is 4. The predicted molar refractivity (Wildman–Crippen MR) is 85.6 cm³/mol. The molecule has 1 aromatic carbocycles. The lowest BCUT2D eigenvalue weighted by atomic mass is 10.2. The number of benzene rings is 1. The van der Waals surface area contributed by atoms with E-state index in [4.69, 9.17) is 4.74 Å². The number of fused-ring (bicyclic) bond motifs is 1. The number of nitrogens with one attached hydrogen (secondary N) is 1. The zero-order chi connectivity index (χ0) is 15.2. The van der Waals surface area contributed by atoms with Crippen LogP contribution >= 0.6 is 0 Å². The van der Waals surface area contributed by atoms with Gasteiger partial charge in [-0.25, -0.2) is 15.0 Å². The molecule has 0 unspecified atom stereocenters. The molecule has 2 heterocycles. The summed E-state index contributed by atoms with van der Waals surface area (Å²) in [4.78, 5) is 13.1. The van der Waals surface area contributed by atoms with Crippen molar-refractivity contribution < 1.29 is 4.74 Å². The van der Waals surface area contributed by atoms with Gasteiger partial charge in [-0.1, -0.05) is 30.3 Å². The Morgan fingerprint density at radius 1 is 1.14 bits per heavy atom. The van der Waals surface area contributed by atoms with Crippen molar-refractivity contribution in [3.05, 3.63) is 48.5 Å². The smallest absolute Gasteiger partial charge is 0.165 e. The first-order valence-electron chi connectivity index (χ1n) is 7.40. The molecule has 0 aliphatic heterocycles. The lowest BCUT2D eigenvalue weighted by Crippen LogP contribution is -2.06. The molecule has 0 atom stereocenters. The van der Waals surface area contributed by atoms with Crippen LogP contribution in [0, 0.1) is 0 Å². The molecule has 6 heteroatoms. The lowest BCUT2D eigenvalue weighted by Gasteiger charge is -2.07. The lowest BCUT2D eigenvalue weighted by molar-refractivity contribution is 0.139. The number of ether oxygens (including phenoxy) is 1. The molecular formula is C16H19N5O. The highest BCUT2D eigenvalue weighted by Crippen LogP contribution is 2.18. The summed E-state index contributed by atoms with van der Waals surface area (Å²) in [7, 11) is 0. The van der Waals surface area contributed by atoms with Gasteiger partial charge in [0.25, 0.3) is 0 Å². The molecule has 0 amide bonds. The standard InChI is InChI=1S/C16H19N5O/c1-2-22-9-8-21-12-20-14-15(18-11-19-16(14)21)17-10-13-6-4-3-5-7-13/h3-7,11-12H,2,8-10H2,1H3,(H,17,18,19). The van der Waals surface area contributed by atoms with Crippen LogP contribution in [0.2, 0.25) is 0 Å². The molecule has 1 N–H and O–H groups in total. The van der Waals surface area contributed by atoms with Gasteiger partial charge in [-0.3, -0.25) is 0 Å². The third-order valence-electron chi connectivity index (χ3n) is 3.38. The number of anilines is 1. The molecule has 0 saturated heterocycles. The summed E-state index contributed by atoms with van der Waals surface area (Å²) in [6, 6.07) is 10.2. The van der Waals surface area contributed by atoms with E-state index < -0.39 is 0 Å². The van der Waals surface area contributed by atoms with Gasteiger partial charge in [0.15, 0.2) is 11.5 Å². The molecule has 0 aliphatic carbocycles. The Morgan fingerprint density at radius 3 is 2.82 bits per heavy atom. The summed E-state index contributed by atoms with van der Waals surface area (Å²) in [5.41, 5.74) is 2.81. The van der Waals surface area contributed by atoms with Gasteiger partial charge in [0.1, 0.15) is 11.8 Å². The summed E-state index contributed by atoms with van der Waals surface area (Å²) in [5.74, 6) is 0.754. The molecule has 0 radical (unpaired) electrons. The zero-order valence-corrected chi connectivity index (χ0v) is 12.6. The molecule has 0 aliphatic rings. The van der Waals surface area contributed by atoms with Crippen LogP contribution in [0.15, 0.2) is 43.0 Å². The Kier molecular flexibility index (Phi) is 4.60. The minimum Gasteiger partial charge on any atom is -0.380 e. The molecule has 0 bridgehead atoms.